The van der Waals surface area contributed by atoms with Gasteiger partial charge in [0.05, 0.1) is 34.5 Å². The summed E-state index contributed by atoms with van der Waals surface area (Å²) >= 11 is 12.1. The first kappa shape index (κ1) is 22.5. The monoisotopic (exact) mass is 461 g/mol. The van der Waals surface area contributed by atoms with Crippen molar-refractivity contribution >= 4 is 40.6 Å². The van der Waals surface area contributed by atoms with Gasteiger partial charge in [-0.2, -0.15) is 13.2 Å². The molecular formula is C20H20Cl2F3N3O2. The lowest BCUT2D eigenvalue weighted by Crippen LogP contribution is -2.36. The summed E-state index contributed by atoms with van der Waals surface area (Å²) in [4.78, 5) is 15.6. The molecule has 0 atom stereocenters. The van der Waals surface area contributed by atoms with Crippen LogP contribution in [0.25, 0.3) is 0 Å². The number of alkyl halides is 3. The van der Waals surface area contributed by atoms with E-state index in [4.69, 9.17) is 27.9 Å². The van der Waals surface area contributed by atoms with E-state index in [1.165, 1.54) is 18.0 Å². The number of nitrogens with one attached hydrogen (secondary N) is 1. The predicted molar refractivity (Wildman–Crippen MR) is 111 cm³/mol. The SMILES string of the molecule is CN(Cc1cccc(Cl)c1Cl)C(=O)Nc1ccc(N2CCOCC2)cc1C(F)(F)F. The van der Waals surface area contributed by atoms with E-state index in [1.807, 2.05) is 4.90 Å². The first-order chi connectivity index (χ1) is 14.2. The predicted octanol–water partition coefficient (Wildman–Crippen LogP) is 5.51. The lowest BCUT2D eigenvalue weighted by atomic mass is 10.1. The molecule has 0 spiro atoms. The molecule has 2 aromatic carbocycles. The van der Waals surface area contributed by atoms with Crippen LogP contribution in [0, 0.1) is 0 Å². The molecule has 162 valence electrons. The van der Waals surface area contributed by atoms with Crippen molar-refractivity contribution in [3.05, 3.63) is 57.6 Å². The highest BCUT2D eigenvalue weighted by molar-refractivity contribution is 6.42. The van der Waals surface area contributed by atoms with Crippen molar-refractivity contribution < 1.29 is 22.7 Å². The maximum absolute atomic E-state index is 13.7. The molecule has 5 nitrogen and oxygen atoms in total. The van der Waals surface area contributed by atoms with E-state index >= 15 is 0 Å². The average molecular weight is 462 g/mol. The summed E-state index contributed by atoms with van der Waals surface area (Å²) in [6.07, 6.45) is -4.63. The van der Waals surface area contributed by atoms with Crippen molar-refractivity contribution in [1.29, 1.82) is 0 Å². The number of rotatable bonds is 4. The van der Waals surface area contributed by atoms with E-state index in [2.05, 4.69) is 5.32 Å². The van der Waals surface area contributed by atoms with Gasteiger partial charge in [-0.15, -0.1) is 0 Å². The molecule has 3 rings (SSSR count). The van der Waals surface area contributed by atoms with Crippen LogP contribution in [0.1, 0.15) is 11.1 Å². The fraction of sp³-hybridized carbons (Fsp3) is 0.350. The Morgan fingerprint density at radius 3 is 2.57 bits per heavy atom. The minimum absolute atomic E-state index is 0.0818. The maximum Gasteiger partial charge on any atom is 0.418 e. The van der Waals surface area contributed by atoms with E-state index in [-0.39, 0.29) is 12.2 Å². The van der Waals surface area contributed by atoms with Crippen molar-refractivity contribution in [2.75, 3.05) is 43.6 Å². The first-order valence-corrected chi connectivity index (χ1v) is 9.91. The van der Waals surface area contributed by atoms with Gasteiger partial charge in [-0.1, -0.05) is 35.3 Å². The Bertz CT molecular complexity index is 919. The standard InChI is InChI=1S/C20H20Cl2F3N3O2/c1-27(12-13-3-2-4-16(21)18(13)22)19(29)26-17-6-5-14(11-15(17)20(23,24)25)28-7-9-30-10-8-28/h2-6,11H,7-10,12H2,1H3,(H,26,29). The van der Waals surface area contributed by atoms with Gasteiger partial charge in [0.25, 0.3) is 0 Å². The Hall–Kier alpha value is -2.16. The number of anilines is 2. The number of urea groups is 1. The third-order valence-corrected chi connectivity index (χ3v) is 5.57. The van der Waals surface area contributed by atoms with Crippen molar-refractivity contribution in [2.24, 2.45) is 0 Å². The average Bonchev–Trinajstić information content (AvgIpc) is 2.71. The molecule has 1 N–H and O–H groups in total. The molecule has 1 aliphatic rings. The van der Waals surface area contributed by atoms with Gasteiger partial charge in [0, 0.05) is 32.4 Å². The van der Waals surface area contributed by atoms with Gasteiger partial charge in [0.15, 0.2) is 0 Å². The fourth-order valence-electron chi connectivity index (χ4n) is 3.10. The minimum Gasteiger partial charge on any atom is -0.378 e. The van der Waals surface area contributed by atoms with Crippen LogP contribution in [0.3, 0.4) is 0 Å². The third-order valence-electron chi connectivity index (χ3n) is 4.71. The van der Waals surface area contributed by atoms with Crippen LogP contribution in [-0.4, -0.2) is 44.3 Å². The Kier molecular flexibility index (Phi) is 7.00. The second-order valence-corrected chi connectivity index (χ2v) is 7.61. The first-order valence-electron chi connectivity index (χ1n) is 9.16. The molecule has 0 saturated carbocycles. The molecule has 1 aliphatic heterocycles. The summed E-state index contributed by atoms with van der Waals surface area (Å²) < 4.78 is 46.2. The number of hydrogen-bond donors (Lipinski definition) is 1. The highest BCUT2D eigenvalue weighted by atomic mass is 35.5. The highest BCUT2D eigenvalue weighted by Crippen LogP contribution is 2.37. The molecule has 1 saturated heterocycles. The minimum atomic E-state index is -4.63. The zero-order chi connectivity index (χ0) is 21.9. The van der Waals surface area contributed by atoms with Gasteiger partial charge in [-0.05, 0) is 29.8 Å². The number of carbonyl (C=O) groups is 1. The smallest absolute Gasteiger partial charge is 0.378 e. The number of morpholine rings is 1. The molecule has 10 heteroatoms. The van der Waals surface area contributed by atoms with E-state index < -0.39 is 17.8 Å². The Balaban J connectivity index is 1.78. The maximum atomic E-state index is 13.7. The molecule has 0 aromatic heterocycles. The summed E-state index contributed by atoms with van der Waals surface area (Å²) in [6.45, 7) is 2.00. The van der Waals surface area contributed by atoms with Gasteiger partial charge in [0.1, 0.15) is 0 Å². The van der Waals surface area contributed by atoms with Gasteiger partial charge >= 0.3 is 12.2 Å². The molecular weight excluding hydrogens is 442 g/mol. The molecule has 2 aromatic rings. The summed E-state index contributed by atoms with van der Waals surface area (Å²) in [7, 11) is 1.46. The Morgan fingerprint density at radius 1 is 1.20 bits per heavy atom. The third kappa shape index (κ3) is 5.30. The number of benzene rings is 2. The second kappa shape index (κ2) is 9.32. The number of ether oxygens (including phenoxy) is 1. The second-order valence-electron chi connectivity index (χ2n) is 6.83. The quantitative estimate of drug-likeness (QED) is 0.652. The highest BCUT2D eigenvalue weighted by Gasteiger charge is 2.35. The van der Waals surface area contributed by atoms with Crippen molar-refractivity contribution in [2.45, 2.75) is 12.7 Å². The summed E-state index contributed by atoms with van der Waals surface area (Å²) in [6, 6.07) is 8.16. The van der Waals surface area contributed by atoms with Crippen LogP contribution in [0.15, 0.2) is 36.4 Å². The largest absolute Gasteiger partial charge is 0.418 e. The summed E-state index contributed by atoms with van der Waals surface area (Å²) in [5, 5.41) is 2.98. The number of halogens is 5. The van der Waals surface area contributed by atoms with E-state index in [9.17, 15) is 18.0 Å². The van der Waals surface area contributed by atoms with Crippen LogP contribution >= 0.6 is 23.2 Å². The molecule has 0 unspecified atom stereocenters. The van der Waals surface area contributed by atoms with Crippen molar-refractivity contribution in [3.63, 3.8) is 0 Å². The fourth-order valence-corrected chi connectivity index (χ4v) is 3.48. The van der Waals surface area contributed by atoms with Crippen LogP contribution in [0.5, 0.6) is 0 Å². The zero-order valence-corrected chi connectivity index (χ0v) is 17.6. The van der Waals surface area contributed by atoms with Gasteiger partial charge in [-0.3, -0.25) is 0 Å². The summed E-state index contributed by atoms with van der Waals surface area (Å²) in [5.41, 5.74) is -0.203. The van der Waals surface area contributed by atoms with Gasteiger partial charge in [0.2, 0.25) is 0 Å². The number of hydrogen-bond acceptors (Lipinski definition) is 3. The Labute approximate surface area is 182 Å². The molecule has 2 amide bonds. The van der Waals surface area contributed by atoms with E-state index in [0.717, 1.165) is 6.07 Å². The van der Waals surface area contributed by atoms with Crippen LogP contribution < -0.4 is 10.2 Å². The Morgan fingerprint density at radius 2 is 1.90 bits per heavy atom. The van der Waals surface area contributed by atoms with Crippen molar-refractivity contribution in [3.8, 4) is 0 Å². The van der Waals surface area contributed by atoms with Gasteiger partial charge < -0.3 is 19.9 Å². The topological polar surface area (TPSA) is 44.8 Å². The summed E-state index contributed by atoms with van der Waals surface area (Å²) in [5.74, 6) is 0. The normalized spacial score (nSPS) is 14.5. The molecule has 30 heavy (non-hydrogen) atoms. The van der Waals surface area contributed by atoms with Crippen LogP contribution in [0.2, 0.25) is 10.0 Å². The molecule has 0 bridgehead atoms. The van der Waals surface area contributed by atoms with Crippen molar-refractivity contribution in [1.82, 2.24) is 4.90 Å². The van der Waals surface area contributed by atoms with E-state index in [0.29, 0.717) is 47.6 Å². The lowest BCUT2D eigenvalue weighted by Gasteiger charge is -2.30. The van der Waals surface area contributed by atoms with Crippen LogP contribution in [0.4, 0.5) is 29.3 Å². The molecule has 1 heterocycles. The number of carbonyl (C=O) groups excluding carboxylic acids is 1. The lowest BCUT2D eigenvalue weighted by molar-refractivity contribution is -0.136. The molecule has 0 aliphatic carbocycles. The molecule has 1 fully saturated rings. The van der Waals surface area contributed by atoms with E-state index in [1.54, 1.807) is 24.3 Å². The van der Waals surface area contributed by atoms with Crippen LogP contribution in [-0.2, 0) is 17.5 Å². The molecule has 0 radical (unpaired) electrons. The number of amides is 2. The zero-order valence-electron chi connectivity index (χ0n) is 16.1. The number of nitrogens with zero attached hydrogens (tertiary/aromatic N) is 2. The van der Waals surface area contributed by atoms with Gasteiger partial charge in [-0.25, -0.2) is 4.79 Å².